The van der Waals surface area contributed by atoms with Crippen molar-refractivity contribution in [3.05, 3.63) is 47.8 Å². The molecule has 9 nitrogen and oxygen atoms in total. The summed E-state index contributed by atoms with van der Waals surface area (Å²) in [4.78, 5) is 72.0. The summed E-state index contributed by atoms with van der Waals surface area (Å²) in [6, 6.07) is 7.91. The highest BCUT2D eigenvalue weighted by Gasteiger charge is 2.57. The Morgan fingerprint density at radius 1 is 1.18 bits per heavy atom. The fourth-order valence-electron chi connectivity index (χ4n) is 5.43. The second kappa shape index (κ2) is 8.55. The number of hydroxylamine groups is 2. The number of likely N-dealkylation sites (tertiary alicyclic amines) is 1. The van der Waals surface area contributed by atoms with Crippen molar-refractivity contribution < 1.29 is 28.8 Å². The molecule has 2 aliphatic heterocycles. The molecule has 1 aliphatic carbocycles. The van der Waals surface area contributed by atoms with E-state index in [9.17, 15) is 24.0 Å². The maximum absolute atomic E-state index is 13.5. The first-order valence-corrected chi connectivity index (χ1v) is 11.5. The van der Waals surface area contributed by atoms with E-state index < -0.39 is 29.1 Å². The number of fused-ring (bicyclic) bond motifs is 2. The molecule has 2 fully saturated rings. The van der Waals surface area contributed by atoms with E-state index in [1.807, 2.05) is 36.5 Å². The highest BCUT2D eigenvalue weighted by Crippen LogP contribution is 2.51. The number of carbonyl (C=O) groups is 5. The zero-order chi connectivity index (χ0) is 23.9. The summed E-state index contributed by atoms with van der Waals surface area (Å²) in [6.07, 6.45) is 6.73. The van der Waals surface area contributed by atoms with Gasteiger partial charge in [0.2, 0.25) is 5.91 Å². The van der Waals surface area contributed by atoms with Crippen molar-refractivity contribution in [2.45, 2.75) is 44.9 Å². The van der Waals surface area contributed by atoms with Gasteiger partial charge in [-0.05, 0) is 37.3 Å². The van der Waals surface area contributed by atoms with Gasteiger partial charge in [0.25, 0.3) is 11.8 Å². The number of nitrogens with zero attached hydrogens (tertiary/aromatic N) is 2. The Morgan fingerprint density at radius 2 is 1.94 bits per heavy atom. The maximum atomic E-state index is 13.5. The average Bonchev–Trinajstić information content (AvgIpc) is 3.47. The molecule has 3 heterocycles. The maximum Gasteiger partial charge on any atom is 0.334 e. The third kappa shape index (κ3) is 3.52. The molecular formula is C25H25N3O6. The van der Waals surface area contributed by atoms with Crippen LogP contribution in [-0.4, -0.2) is 51.5 Å². The van der Waals surface area contributed by atoms with Gasteiger partial charge >= 0.3 is 5.97 Å². The molecule has 34 heavy (non-hydrogen) atoms. The number of aldehydes is 1. The number of nitrogens with one attached hydrogen (secondary N) is 1. The number of imide groups is 1. The number of allylic oxidation sites excluding steroid dienone is 2. The van der Waals surface area contributed by atoms with Crippen LogP contribution in [-0.2, 0) is 35.2 Å². The second-order valence-electron chi connectivity index (χ2n) is 9.04. The number of benzene rings is 1. The molecule has 176 valence electrons. The molecule has 2 saturated heterocycles. The van der Waals surface area contributed by atoms with Crippen LogP contribution in [0.3, 0.4) is 0 Å². The number of aromatic amines is 1. The number of aromatic nitrogens is 1. The molecule has 0 bridgehead atoms. The van der Waals surface area contributed by atoms with Crippen LogP contribution in [0.5, 0.6) is 0 Å². The number of hydrogen-bond acceptors (Lipinski definition) is 6. The third-order valence-corrected chi connectivity index (χ3v) is 7.15. The van der Waals surface area contributed by atoms with Gasteiger partial charge in [0, 0.05) is 42.2 Å². The van der Waals surface area contributed by atoms with E-state index in [1.54, 1.807) is 4.90 Å². The van der Waals surface area contributed by atoms with E-state index in [0.29, 0.717) is 30.1 Å². The standard InChI is InChI=1S/C25H25N3O6/c29-15-25-11-4-3-7-20(25)27(12-10-16-14-26-19-6-2-1-5-17(16)19)24(33)18(25)13-23(32)34-28-21(30)8-9-22(28)31/h1-2,5-7,14-15,18,26H,3-4,8-13H2/t18-,25-/m1/s1. The van der Waals surface area contributed by atoms with Gasteiger partial charge in [0.05, 0.1) is 17.8 Å². The van der Waals surface area contributed by atoms with E-state index in [0.717, 1.165) is 35.6 Å². The minimum absolute atomic E-state index is 0.0127. The van der Waals surface area contributed by atoms with Crippen molar-refractivity contribution in [2.75, 3.05) is 6.54 Å². The van der Waals surface area contributed by atoms with Gasteiger partial charge < -0.3 is 19.5 Å². The lowest BCUT2D eigenvalue weighted by Crippen LogP contribution is -2.37. The largest absolute Gasteiger partial charge is 0.361 e. The Kier molecular flexibility index (Phi) is 5.55. The lowest BCUT2D eigenvalue weighted by Gasteiger charge is -2.32. The average molecular weight is 463 g/mol. The van der Waals surface area contributed by atoms with Crippen molar-refractivity contribution in [3.8, 4) is 0 Å². The first-order valence-electron chi connectivity index (χ1n) is 11.5. The number of hydrogen-bond donors (Lipinski definition) is 1. The number of H-pyrrole nitrogens is 1. The van der Waals surface area contributed by atoms with Gasteiger partial charge in [-0.3, -0.25) is 14.4 Å². The van der Waals surface area contributed by atoms with Crippen LogP contribution in [0.2, 0.25) is 0 Å². The Bertz CT molecular complexity index is 1210. The molecule has 0 unspecified atom stereocenters. The predicted octanol–water partition coefficient (Wildman–Crippen LogP) is 2.42. The van der Waals surface area contributed by atoms with E-state index >= 15 is 0 Å². The number of rotatable bonds is 7. The van der Waals surface area contributed by atoms with Crippen LogP contribution >= 0.6 is 0 Å². The molecule has 0 saturated carbocycles. The Morgan fingerprint density at radius 3 is 2.71 bits per heavy atom. The zero-order valence-corrected chi connectivity index (χ0v) is 18.6. The summed E-state index contributed by atoms with van der Waals surface area (Å²) in [6.45, 7) is 0.372. The highest BCUT2D eigenvalue weighted by molar-refractivity contribution is 6.02. The van der Waals surface area contributed by atoms with Crippen LogP contribution in [0.4, 0.5) is 0 Å². The fourth-order valence-corrected chi connectivity index (χ4v) is 5.43. The summed E-state index contributed by atoms with van der Waals surface area (Å²) >= 11 is 0. The fraction of sp³-hybridized carbons (Fsp3) is 0.400. The van der Waals surface area contributed by atoms with E-state index in [-0.39, 0.29) is 25.2 Å². The normalized spacial score (nSPS) is 24.5. The van der Waals surface area contributed by atoms with Crippen LogP contribution < -0.4 is 0 Å². The molecule has 5 rings (SSSR count). The van der Waals surface area contributed by atoms with E-state index in [1.165, 1.54) is 0 Å². The summed E-state index contributed by atoms with van der Waals surface area (Å²) in [5.41, 5.74) is 1.61. The number of carbonyl (C=O) groups excluding carboxylic acids is 5. The molecule has 0 radical (unpaired) electrons. The van der Waals surface area contributed by atoms with Crippen molar-refractivity contribution >= 4 is 40.9 Å². The lowest BCUT2D eigenvalue weighted by atomic mass is 9.69. The molecule has 2 aromatic rings. The summed E-state index contributed by atoms with van der Waals surface area (Å²) in [7, 11) is 0. The molecule has 2 atom stereocenters. The number of amides is 3. The Balaban J connectivity index is 1.37. The van der Waals surface area contributed by atoms with Gasteiger partial charge in [-0.15, -0.1) is 5.06 Å². The smallest absolute Gasteiger partial charge is 0.334 e. The van der Waals surface area contributed by atoms with Crippen molar-refractivity contribution in [3.63, 3.8) is 0 Å². The van der Waals surface area contributed by atoms with Crippen LogP contribution in [0.1, 0.15) is 44.1 Å². The van der Waals surface area contributed by atoms with Crippen molar-refractivity contribution in [2.24, 2.45) is 11.3 Å². The van der Waals surface area contributed by atoms with Crippen molar-refractivity contribution in [1.29, 1.82) is 0 Å². The predicted molar refractivity (Wildman–Crippen MR) is 119 cm³/mol. The second-order valence-corrected chi connectivity index (χ2v) is 9.04. The zero-order valence-electron chi connectivity index (χ0n) is 18.6. The minimum atomic E-state index is -1.10. The Labute approximate surface area is 195 Å². The number of para-hydroxylation sites is 1. The highest BCUT2D eigenvalue weighted by atomic mass is 16.7. The molecule has 1 N–H and O–H groups in total. The molecule has 1 aromatic heterocycles. The molecule has 0 spiro atoms. The monoisotopic (exact) mass is 463 g/mol. The molecule has 3 aliphatic rings. The molecule has 9 heteroatoms. The third-order valence-electron chi connectivity index (χ3n) is 7.15. The van der Waals surface area contributed by atoms with Gasteiger partial charge in [0.1, 0.15) is 6.29 Å². The first kappa shape index (κ1) is 22.1. The summed E-state index contributed by atoms with van der Waals surface area (Å²) in [5, 5.41) is 1.55. The van der Waals surface area contributed by atoms with Gasteiger partial charge in [-0.2, -0.15) is 0 Å². The minimum Gasteiger partial charge on any atom is -0.361 e. The first-order chi connectivity index (χ1) is 16.4. The molecular weight excluding hydrogens is 438 g/mol. The molecule has 3 amide bonds. The summed E-state index contributed by atoms with van der Waals surface area (Å²) in [5.74, 6) is -3.28. The topological polar surface area (TPSA) is 117 Å². The van der Waals surface area contributed by atoms with E-state index in [2.05, 4.69) is 4.98 Å². The van der Waals surface area contributed by atoms with Gasteiger partial charge in [-0.25, -0.2) is 4.79 Å². The SMILES string of the molecule is O=C[C@@]12CCCC=C1N(CCc1c[nH]c3ccccc13)C(=O)[C@H]2CC(=O)ON1C(=O)CCC1=O. The van der Waals surface area contributed by atoms with Gasteiger partial charge in [0.15, 0.2) is 0 Å². The Hall–Kier alpha value is -3.75. The quantitative estimate of drug-likeness (QED) is 0.498. The lowest BCUT2D eigenvalue weighted by molar-refractivity contribution is -0.198. The van der Waals surface area contributed by atoms with E-state index in [4.69, 9.17) is 4.84 Å². The van der Waals surface area contributed by atoms with Crippen molar-refractivity contribution in [1.82, 2.24) is 14.9 Å². The molecule has 1 aromatic carbocycles. The summed E-state index contributed by atoms with van der Waals surface area (Å²) < 4.78 is 0. The van der Waals surface area contributed by atoms with Crippen LogP contribution in [0.15, 0.2) is 42.2 Å². The van der Waals surface area contributed by atoms with Crippen LogP contribution in [0, 0.1) is 11.3 Å². The van der Waals surface area contributed by atoms with Crippen LogP contribution in [0.25, 0.3) is 10.9 Å². The van der Waals surface area contributed by atoms with Gasteiger partial charge in [-0.1, -0.05) is 24.3 Å².